The summed E-state index contributed by atoms with van der Waals surface area (Å²) >= 11 is 0. The minimum absolute atomic E-state index is 0.105. The van der Waals surface area contributed by atoms with E-state index < -0.39 is 0 Å². The van der Waals surface area contributed by atoms with Gasteiger partial charge in [0.2, 0.25) is 0 Å². The summed E-state index contributed by atoms with van der Waals surface area (Å²) in [4.78, 5) is 0. The molecular weight excluding hydrogens is 198 g/mol. The molecule has 2 rings (SSSR count). The second kappa shape index (κ2) is 4.89. The van der Waals surface area contributed by atoms with Gasteiger partial charge in [-0.25, -0.2) is 0 Å². The van der Waals surface area contributed by atoms with Crippen LogP contribution in [0.2, 0.25) is 0 Å². The van der Waals surface area contributed by atoms with Crippen LogP contribution in [0, 0.1) is 17.3 Å². The molecule has 0 aromatic carbocycles. The van der Waals surface area contributed by atoms with Crippen LogP contribution in [0.5, 0.6) is 0 Å². The third kappa shape index (κ3) is 2.05. The van der Waals surface area contributed by atoms with Crippen molar-refractivity contribution in [1.82, 2.24) is 5.32 Å². The van der Waals surface area contributed by atoms with Crippen molar-refractivity contribution in [2.75, 3.05) is 13.2 Å². The lowest BCUT2D eigenvalue weighted by molar-refractivity contribution is 0.0867. The van der Waals surface area contributed by atoms with Crippen LogP contribution in [0.4, 0.5) is 0 Å². The molecule has 2 nitrogen and oxygen atoms in total. The van der Waals surface area contributed by atoms with Gasteiger partial charge in [-0.05, 0) is 37.5 Å². The summed E-state index contributed by atoms with van der Waals surface area (Å²) in [5.41, 5.74) is 0.105. The molecule has 0 aromatic heterocycles. The highest BCUT2D eigenvalue weighted by molar-refractivity contribution is 5.13. The Bertz CT molecular complexity index is 249. The Balaban J connectivity index is 1.80. The molecule has 92 valence electrons. The molecule has 1 fully saturated rings. The SMILES string of the molecule is CCC(CC)(CO)CNC1CC2CC=CC21. The van der Waals surface area contributed by atoms with Gasteiger partial charge in [0.25, 0.3) is 0 Å². The van der Waals surface area contributed by atoms with Crippen LogP contribution in [-0.4, -0.2) is 24.3 Å². The lowest BCUT2D eigenvalue weighted by Crippen LogP contribution is -2.51. The van der Waals surface area contributed by atoms with Gasteiger partial charge in [-0.15, -0.1) is 0 Å². The molecule has 0 aromatic rings. The minimum atomic E-state index is 0.105. The van der Waals surface area contributed by atoms with E-state index in [-0.39, 0.29) is 5.41 Å². The summed E-state index contributed by atoms with van der Waals surface area (Å²) in [6.07, 6.45) is 9.44. The lowest BCUT2D eigenvalue weighted by atomic mass is 9.70. The van der Waals surface area contributed by atoms with Crippen molar-refractivity contribution in [3.63, 3.8) is 0 Å². The predicted molar refractivity (Wildman–Crippen MR) is 67.2 cm³/mol. The van der Waals surface area contributed by atoms with Gasteiger partial charge < -0.3 is 10.4 Å². The smallest absolute Gasteiger partial charge is 0.0499 e. The second-order valence-corrected chi connectivity index (χ2v) is 5.59. The number of fused-ring (bicyclic) bond motifs is 1. The molecule has 3 atom stereocenters. The second-order valence-electron chi connectivity index (χ2n) is 5.59. The van der Waals surface area contributed by atoms with Crippen molar-refractivity contribution in [1.29, 1.82) is 0 Å². The molecule has 0 bridgehead atoms. The van der Waals surface area contributed by atoms with E-state index >= 15 is 0 Å². The van der Waals surface area contributed by atoms with Crippen LogP contribution in [0.15, 0.2) is 12.2 Å². The van der Waals surface area contributed by atoms with Crippen molar-refractivity contribution in [3.8, 4) is 0 Å². The van der Waals surface area contributed by atoms with Crippen LogP contribution in [0.3, 0.4) is 0 Å². The molecule has 2 N–H and O–H groups in total. The van der Waals surface area contributed by atoms with E-state index in [0.717, 1.165) is 31.2 Å². The van der Waals surface area contributed by atoms with Gasteiger partial charge in [-0.2, -0.15) is 0 Å². The van der Waals surface area contributed by atoms with E-state index in [1.165, 1.54) is 12.8 Å². The summed E-state index contributed by atoms with van der Waals surface area (Å²) in [6.45, 7) is 5.64. The van der Waals surface area contributed by atoms with Gasteiger partial charge in [0.1, 0.15) is 0 Å². The predicted octanol–water partition coefficient (Wildman–Crippen LogP) is 2.34. The maximum absolute atomic E-state index is 9.51. The maximum atomic E-state index is 9.51. The highest BCUT2D eigenvalue weighted by atomic mass is 16.3. The summed E-state index contributed by atoms with van der Waals surface area (Å²) in [7, 11) is 0. The van der Waals surface area contributed by atoms with Crippen molar-refractivity contribution < 1.29 is 5.11 Å². The zero-order chi connectivity index (χ0) is 11.6. The molecule has 2 aliphatic carbocycles. The van der Waals surface area contributed by atoms with Gasteiger partial charge >= 0.3 is 0 Å². The van der Waals surface area contributed by atoms with Crippen LogP contribution < -0.4 is 5.32 Å². The molecule has 0 heterocycles. The molecule has 1 saturated carbocycles. The van der Waals surface area contributed by atoms with Gasteiger partial charge in [0, 0.05) is 24.6 Å². The Labute approximate surface area is 99.1 Å². The number of nitrogens with one attached hydrogen (secondary N) is 1. The highest BCUT2D eigenvalue weighted by Crippen LogP contribution is 2.43. The summed E-state index contributed by atoms with van der Waals surface area (Å²) in [5.74, 6) is 1.70. The molecule has 0 radical (unpaired) electrons. The highest BCUT2D eigenvalue weighted by Gasteiger charge is 2.41. The average Bonchev–Trinajstić information content (AvgIpc) is 2.67. The van der Waals surface area contributed by atoms with Crippen molar-refractivity contribution in [2.45, 2.75) is 45.6 Å². The Morgan fingerprint density at radius 3 is 2.69 bits per heavy atom. The zero-order valence-electron chi connectivity index (χ0n) is 10.6. The van der Waals surface area contributed by atoms with Crippen LogP contribution >= 0.6 is 0 Å². The first-order valence-electron chi connectivity index (χ1n) is 6.75. The van der Waals surface area contributed by atoms with Crippen LogP contribution in [-0.2, 0) is 0 Å². The Morgan fingerprint density at radius 1 is 1.38 bits per heavy atom. The van der Waals surface area contributed by atoms with Gasteiger partial charge in [-0.3, -0.25) is 0 Å². The third-order valence-corrected chi connectivity index (χ3v) is 4.94. The number of aliphatic hydroxyl groups is 1. The Kier molecular flexibility index (Phi) is 3.70. The van der Waals surface area contributed by atoms with Crippen molar-refractivity contribution in [2.24, 2.45) is 17.3 Å². The molecule has 0 amide bonds. The van der Waals surface area contributed by atoms with Gasteiger partial charge in [0.05, 0.1) is 0 Å². The molecule has 0 spiro atoms. The van der Waals surface area contributed by atoms with E-state index in [0.29, 0.717) is 12.6 Å². The first-order chi connectivity index (χ1) is 7.74. The van der Waals surface area contributed by atoms with Crippen LogP contribution in [0.25, 0.3) is 0 Å². The molecule has 0 saturated heterocycles. The zero-order valence-corrected chi connectivity index (χ0v) is 10.6. The Morgan fingerprint density at radius 2 is 2.12 bits per heavy atom. The molecule has 2 aliphatic rings. The third-order valence-electron chi connectivity index (χ3n) is 4.94. The fourth-order valence-electron chi connectivity index (χ4n) is 3.07. The number of aliphatic hydroxyl groups excluding tert-OH is 1. The average molecular weight is 223 g/mol. The normalized spacial score (nSPS) is 32.6. The van der Waals surface area contributed by atoms with Gasteiger partial charge in [0.15, 0.2) is 0 Å². The van der Waals surface area contributed by atoms with Crippen molar-refractivity contribution in [3.05, 3.63) is 12.2 Å². The molecule has 0 aliphatic heterocycles. The molecule has 2 heteroatoms. The molecule has 3 unspecified atom stereocenters. The summed E-state index contributed by atoms with van der Waals surface area (Å²) in [5, 5.41) is 13.2. The van der Waals surface area contributed by atoms with E-state index in [1.807, 2.05) is 0 Å². The number of rotatable bonds is 6. The van der Waals surface area contributed by atoms with E-state index in [4.69, 9.17) is 0 Å². The molecular formula is C14H25NO. The molecule has 16 heavy (non-hydrogen) atoms. The largest absolute Gasteiger partial charge is 0.396 e. The summed E-state index contributed by atoms with van der Waals surface area (Å²) < 4.78 is 0. The van der Waals surface area contributed by atoms with E-state index in [9.17, 15) is 5.11 Å². The number of hydrogen-bond donors (Lipinski definition) is 2. The quantitative estimate of drug-likeness (QED) is 0.677. The maximum Gasteiger partial charge on any atom is 0.0499 e. The number of hydrogen-bond acceptors (Lipinski definition) is 2. The summed E-state index contributed by atoms with van der Waals surface area (Å²) in [6, 6.07) is 0.674. The lowest BCUT2D eigenvalue weighted by Gasteiger charge is -2.43. The van der Waals surface area contributed by atoms with Crippen LogP contribution in [0.1, 0.15) is 39.5 Å². The fraction of sp³-hybridized carbons (Fsp3) is 0.857. The fourth-order valence-corrected chi connectivity index (χ4v) is 3.07. The van der Waals surface area contributed by atoms with Crippen molar-refractivity contribution >= 4 is 0 Å². The number of allylic oxidation sites excluding steroid dienone is 1. The monoisotopic (exact) mass is 223 g/mol. The minimum Gasteiger partial charge on any atom is -0.396 e. The standard InChI is InChI=1S/C14H25NO/c1-3-14(4-2,10-16)9-15-13-8-11-6-5-7-12(11)13/h5,7,11-13,15-16H,3-4,6,8-10H2,1-2H3. The van der Waals surface area contributed by atoms with E-state index in [2.05, 4.69) is 31.3 Å². The topological polar surface area (TPSA) is 32.3 Å². The van der Waals surface area contributed by atoms with E-state index in [1.54, 1.807) is 0 Å². The Hall–Kier alpha value is -0.340. The first-order valence-corrected chi connectivity index (χ1v) is 6.75. The van der Waals surface area contributed by atoms with Gasteiger partial charge in [-0.1, -0.05) is 26.0 Å². The first kappa shape index (κ1) is 12.1.